The molecule has 0 unspecified atom stereocenters. The lowest BCUT2D eigenvalue weighted by Gasteiger charge is -2.23. The predicted octanol–water partition coefficient (Wildman–Crippen LogP) is 1.28. The van der Waals surface area contributed by atoms with Gasteiger partial charge in [0.15, 0.2) is 11.5 Å². The summed E-state index contributed by atoms with van der Waals surface area (Å²) in [7, 11) is 2.00. The van der Waals surface area contributed by atoms with Gasteiger partial charge in [0.05, 0.1) is 0 Å². The van der Waals surface area contributed by atoms with E-state index in [1.54, 1.807) is 0 Å². The first kappa shape index (κ1) is 11.1. The fourth-order valence-corrected chi connectivity index (χ4v) is 1.71. The molecule has 1 aliphatic rings. The standard InChI is InChI=1S/C12H17NO3/c1-13(5-2-6-14)10-3-4-11-12(9-10)16-8-7-15-11/h3-4,9,14H,2,5-8H2,1H3. The van der Waals surface area contributed by atoms with Crippen molar-refractivity contribution in [1.82, 2.24) is 0 Å². The minimum absolute atomic E-state index is 0.217. The van der Waals surface area contributed by atoms with Gasteiger partial charge in [0.25, 0.3) is 0 Å². The molecule has 2 rings (SSSR count). The van der Waals surface area contributed by atoms with Crippen LogP contribution in [0.5, 0.6) is 11.5 Å². The van der Waals surface area contributed by atoms with Gasteiger partial charge in [-0.3, -0.25) is 0 Å². The summed E-state index contributed by atoms with van der Waals surface area (Å²) in [4.78, 5) is 2.09. The number of fused-ring (bicyclic) bond motifs is 1. The third-order valence-corrected chi connectivity index (χ3v) is 2.62. The van der Waals surface area contributed by atoms with Gasteiger partial charge < -0.3 is 19.5 Å². The van der Waals surface area contributed by atoms with E-state index in [-0.39, 0.29) is 6.61 Å². The summed E-state index contributed by atoms with van der Waals surface area (Å²) >= 11 is 0. The molecule has 16 heavy (non-hydrogen) atoms. The lowest BCUT2D eigenvalue weighted by Crippen LogP contribution is -2.20. The zero-order valence-corrected chi connectivity index (χ0v) is 9.48. The van der Waals surface area contributed by atoms with Gasteiger partial charge in [-0.1, -0.05) is 0 Å². The summed E-state index contributed by atoms with van der Waals surface area (Å²) in [6, 6.07) is 5.91. The largest absolute Gasteiger partial charge is 0.486 e. The average Bonchev–Trinajstić information content (AvgIpc) is 2.35. The molecule has 0 aliphatic carbocycles. The smallest absolute Gasteiger partial charge is 0.163 e. The highest BCUT2D eigenvalue weighted by Gasteiger charge is 2.12. The third-order valence-electron chi connectivity index (χ3n) is 2.62. The van der Waals surface area contributed by atoms with Crippen molar-refractivity contribution in [2.45, 2.75) is 6.42 Å². The van der Waals surface area contributed by atoms with Crippen LogP contribution in [-0.4, -0.2) is 38.5 Å². The molecule has 0 fully saturated rings. The van der Waals surface area contributed by atoms with E-state index in [2.05, 4.69) is 4.90 Å². The molecule has 1 aliphatic heterocycles. The number of ether oxygens (including phenoxy) is 2. The fourth-order valence-electron chi connectivity index (χ4n) is 1.71. The van der Waals surface area contributed by atoms with Gasteiger partial charge >= 0.3 is 0 Å². The van der Waals surface area contributed by atoms with Crippen LogP contribution in [0.4, 0.5) is 5.69 Å². The summed E-state index contributed by atoms with van der Waals surface area (Å²) in [6.45, 7) is 2.27. The van der Waals surface area contributed by atoms with Crippen LogP contribution in [0, 0.1) is 0 Å². The second-order valence-electron chi connectivity index (χ2n) is 3.83. The number of benzene rings is 1. The SMILES string of the molecule is CN(CCCO)c1ccc2c(c1)OCCO2. The maximum atomic E-state index is 8.78. The maximum Gasteiger partial charge on any atom is 0.163 e. The Bertz CT molecular complexity index is 354. The Morgan fingerprint density at radius 2 is 2.00 bits per heavy atom. The molecule has 1 heterocycles. The maximum absolute atomic E-state index is 8.78. The predicted molar refractivity (Wildman–Crippen MR) is 62.4 cm³/mol. The number of aliphatic hydroxyl groups is 1. The van der Waals surface area contributed by atoms with Crippen molar-refractivity contribution in [2.75, 3.05) is 38.3 Å². The van der Waals surface area contributed by atoms with Gasteiger partial charge in [-0.2, -0.15) is 0 Å². The Morgan fingerprint density at radius 3 is 2.75 bits per heavy atom. The quantitative estimate of drug-likeness (QED) is 0.835. The zero-order valence-electron chi connectivity index (χ0n) is 9.48. The lowest BCUT2D eigenvalue weighted by atomic mass is 10.2. The van der Waals surface area contributed by atoms with Crippen LogP contribution in [0.2, 0.25) is 0 Å². The summed E-state index contributed by atoms with van der Waals surface area (Å²) in [5.41, 5.74) is 1.08. The molecule has 0 spiro atoms. The highest BCUT2D eigenvalue weighted by Crippen LogP contribution is 2.33. The molecule has 4 heteroatoms. The van der Waals surface area contributed by atoms with Gasteiger partial charge in [0.1, 0.15) is 13.2 Å². The topological polar surface area (TPSA) is 41.9 Å². The molecule has 0 aromatic heterocycles. The van der Waals surface area contributed by atoms with E-state index < -0.39 is 0 Å². The van der Waals surface area contributed by atoms with E-state index in [4.69, 9.17) is 14.6 Å². The fraction of sp³-hybridized carbons (Fsp3) is 0.500. The van der Waals surface area contributed by atoms with Crippen molar-refractivity contribution in [1.29, 1.82) is 0 Å². The van der Waals surface area contributed by atoms with Crippen LogP contribution < -0.4 is 14.4 Å². The molecule has 4 nitrogen and oxygen atoms in total. The van der Waals surface area contributed by atoms with Gasteiger partial charge in [-0.15, -0.1) is 0 Å². The van der Waals surface area contributed by atoms with Crippen LogP contribution in [0.15, 0.2) is 18.2 Å². The molecule has 0 saturated carbocycles. The van der Waals surface area contributed by atoms with Gasteiger partial charge in [0, 0.05) is 32.0 Å². The average molecular weight is 223 g/mol. The van der Waals surface area contributed by atoms with Gasteiger partial charge in [0.2, 0.25) is 0 Å². The van der Waals surface area contributed by atoms with Crippen LogP contribution in [0.3, 0.4) is 0 Å². The molecule has 0 saturated heterocycles. The number of anilines is 1. The normalized spacial score (nSPS) is 13.6. The van der Waals surface area contributed by atoms with E-state index in [0.717, 1.165) is 30.2 Å². The van der Waals surface area contributed by atoms with E-state index >= 15 is 0 Å². The molecule has 0 bridgehead atoms. The number of rotatable bonds is 4. The minimum Gasteiger partial charge on any atom is -0.486 e. The number of nitrogens with zero attached hydrogens (tertiary/aromatic N) is 1. The van der Waals surface area contributed by atoms with Crippen LogP contribution in [-0.2, 0) is 0 Å². The zero-order chi connectivity index (χ0) is 11.4. The number of aliphatic hydroxyl groups excluding tert-OH is 1. The highest BCUT2D eigenvalue weighted by atomic mass is 16.6. The molecule has 1 N–H and O–H groups in total. The van der Waals surface area contributed by atoms with Gasteiger partial charge in [-0.05, 0) is 18.6 Å². The van der Waals surface area contributed by atoms with Crippen LogP contribution in [0.25, 0.3) is 0 Å². The van der Waals surface area contributed by atoms with E-state index in [1.807, 2.05) is 25.2 Å². The van der Waals surface area contributed by atoms with Crippen LogP contribution in [0.1, 0.15) is 6.42 Å². The Labute approximate surface area is 95.4 Å². The highest BCUT2D eigenvalue weighted by molar-refractivity contribution is 5.56. The molecule has 0 atom stereocenters. The first-order valence-electron chi connectivity index (χ1n) is 5.53. The van der Waals surface area contributed by atoms with E-state index in [9.17, 15) is 0 Å². The first-order chi connectivity index (χ1) is 7.81. The Kier molecular flexibility index (Phi) is 3.51. The number of hydrogen-bond donors (Lipinski definition) is 1. The van der Waals surface area contributed by atoms with Crippen molar-refractivity contribution in [3.05, 3.63) is 18.2 Å². The second-order valence-corrected chi connectivity index (χ2v) is 3.83. The van der Waals surface area contributed by atoms with E-state index in [1.165, 1.54) is 0 Å². The molecule has 1 aromatic rings. The summed E-state index contributed by atoms with van der Waals surface area (Å²) in [5, 5.41) is 8.78. The Morgan fingerprint density at radius 1 is 1.25 bits per heavy atom. The molecular formula is C12H17NO3. The van der Waals surface area contributed by atoms with Crippen LogP contribution >= 0.6 is 0 Å². The Balaban J connectivity index is 2.10. The molecule has 0 amide bonds. The first-order valence-corrected chi connectivity index (χ1v) is 5.53. The molecule has 1 aromatic carbocycles. The van der Waals surface area contributed by atoms with Crippen molar-refractivity contribution in [3.63, 3.8) is 0 Å². The van der Waals surface area contributed by atoms with Crippen molar-refractivity contribution < 1.29 is 14.6 Å². The monoisotopic (exact) mass is 223 g/mol. The second kappa shape index (κ2) is 5.07. The Hall–Kier alpha value is -1.42. The van der Waals surface area contributed by atoms with E-state index in [0.29, 0.717) is 13.2 Å². The summed E-state index contributed by atoms with van der Waals surface area (Å²) < 4.78 is 11.0. The van der Waals surface area contributed by atoms with Crippen molar-refractivity contribution in [2.24, 2.45) is 0 Å². The molecular weight excluding hydrogens is 206 g/mol. The lowest BCUT2D eigenvalue weighted by molar-refractivity contribution is 0.171. The van der Waals surface area contributed by atoms with Crippen molar-refractivity contribution >= 4 is 5.69 Å². The van der Waals surface area contributed by atoms with Gasteiger partial charge in [-0.25, -0.2) is 0 Å². The minimum atomic E-state index is 0.217. The van der Waals surface area contributed by atoms with Crippen molar-refractivity contribution in [3.8, 4) is 11.5 Å². The number of hydrogen-bond acceptors (Lipinski definition) is 4. The third kappa shape index (κ3) is 2.39. The summed E-state index contributed by atoms with van der Waals surface area (Å²) in [6.07, 6.45) is 0.769. The molecule has 0 radical (unpaired) electrons. The molecule has 88 valence electrons. The summed E-state index contributed by atoms with van der Waals surface area (Å²) in [5.74, 6) is 1.62.